The van der Waals surface area contributed by atoms with Crippen LogP contribution < -0.4 is 5.32 Å². The van der Waals surface area contributed by atoms with E-state index in [1.165, 1.54) is 7.11 Å². The van der Waals surface area contributed by atoms with Gasteiger partial charge in [-0.2, -0.15) is 0 Å². The Hall–Kier alpha value is -1.22. The molecular weight excluding hydrogens is 238 g/mol. The summed E-state index contributed by atoms with van der Waals surface area (Å²) in [5.41, 5.74) is 0.296. The van der Waals surface area contributed by atoms with Crippen molar-refractivity contribution < 1.29 is 9.53 Å². The van der Waals surface area contributed by atoms with E-state index in [0.29, 0.717) is 5.02 Å². The Morgan fingerprint density at radius 1 is 1.41 bits per heavy atom. The van der Waals surface area contributed by atoms with E-state index in [1.807, 2.05) is 24.3 Å². The Kier molecular flexibility index (Phi) is 3.57. The number of carbonyl (C=O) groups is 1. The number of hydrogen-bond acceptors (Lipinski definition) is 3. The van der Waals surface area contributed by atoms with Gasteiger partial charge >= 0.3 is 5.97 Å². The second kappa shape index (κ2) is 4.96. The molecule has 1 N–H and O–H groups in total. The van der Waals surface area contributed by atoms with Gasteiger partial charge in [0.1, 0.15) is 5.54 Å². The minimum atomic E-state index is -0.570. The molecule has 0 unspecified atom stereocenters. The van der Waals surface area contributed by atoms with E-state index in [-0.39, 0.29) is 5.97 Å². The molecule has 0 spiro atoms. The zero-order valence-corrected chi connectivity index (χ0v) is 10.6. The van der Waals surface area contributed by atoms with Crippen molar-refractivity contribution in [1.29, 1.82) is 0 Å². The summed E-state index contributed by atoms with van der Waals surface area (Å²) in [4.78, 5) is 11.9. The first-order valence-corrected chi connectivity index (χ1v) is 6.16. The van der Waals surface area contributed by atoms with Crippen molar-refractivity contribution in [3.05, 3.63) is 29.3 Å². The number of anilines is 1. The molecule has 2 rings (SSSR count). The summed E-state index contributed by atoms with van der Waals surface area (Å²) in [5.74, 6) is -0.185. The molecule has 1 fully saturated rings. The van der Waals surface area contributed by atoms with Crippen LogP contribution in [0.25, 0.3) is 0 Å². The summed E-state index contributed by atoms with van der Waals surface area (Å²) in [7, 11) is 1.43. The number of hydrogen-bond donors (Lipinski definition) is 1. The van der Waals surface area contributed by atoms with E-state index in [1.54, 1.807) is 0 Å². The van der Waals surface area contributed by atoms with Crippen LogP contribution in [0.5, 0.6) is 0 Å². The molecule has 0 radical (unpaired) electrons. The normalized spacial score (nSPS) is 17.8. The van der Waals surface area contributed by atoms with E-state index in [9.17, 15) is 4.79 Å². The van der Waals surface area contributed by atoms with Gasteiger partial charge in [0.2, 0.25) is 0 Å². The van der Waals surface area contributed by atoms with Gasteiger partial charge in [0.25, 0.3) is 0 Å². The molecule has 0 amide bonds. The molecule has 1 aliphatic rings. The van der Waals surface area contributed by atoms with Crippen molar-refractivity contribution in [3.8, 4) is 0 Å². The molecule has 0 saturated heterocycles. The smallest absolute Gasteiger partial charge is 0.331 e. The van der Waals surface area contributed by atoms with Crippen molar-refractivity contribution in [3.63, 3.8) is 0 Å². The van der Waals surface area contributed by atoms with E-state index in [2.05, 4.69) is 5.32 Å². The minimum absolute atomic E-state index is 0.185. The number of nitrogens with one attached hydrogen (secondary N) is 1. The van der Waals surface area contributed by atoms with Crippen LogP contribution in [-0.4, -0.2) is 18.6 Å². The van der Waals surface area contributed by atoms with Crippen LogP contribution in [0.15, 0.2) is 24.3 Å². The Morgan fingerprint density at radius 2 is 2.12 bits per heavy atom. The number of benzene rings is 1. The topological polar surface area (TPSA) is 38.3 Å². The van der Waals surface area contributed by atoms with Crippen molar-refractivity contribution >= 4 is 23.3 Å². The van der Waals surface area contributed by atoms with Crippen LogP contribution in [-0.2, 0) is 9.53 Å². The molecule has 1 aliphatic carbocycles. The second-order valence-corrected chi connectivity index (χ2v) is 4.85. The molecule has 1 saturated carbocycles. The molecular formula is C13H16ClNO2. The lowest BCUT2D eigenvalue weighted by Crippen LogP contribution is -2.44. The quantitative estimate of drug-likeness (QED) is 0.841. The molecule has 92 valence electrons. The Balaban J connectivity index is 2.21. The van der Waals surface area contributed by atoms with Crippen molar-refractivity contribution in [2.75, 3.05) is 12.4 Å². The number of ether oxygens (including phenoxy) is 1. The minimum Gasteiger partial charge on any atom is -0.467 e. The predicted octanol–water partition coefficient (Wildman–Crippen LogP) is 3.24. The Bertz CT molecular complexity index is 414. The fourth-order valence-electron chi connectivity index (χ4n) is 2.40. The molecule has 4 heteroatoms. The van der Waals surface area contributed by atoms with E-state index >= 15 is 0 Å². The molecule has 0 heterocycles. The zero-order valence-electron chi connectivity index (χ0n) is 9.83. The van der Waals surface area contributed by atoms with Gasteiger partial charge in [-0.3, -0.25) is 0 Å². The van der Waals surface area contributed by atoms with Gasteiger partial charge in [-0.05, 0) is 31.0 Å². The third-order valence-electron chi connectivity index (χ3n) is 3.24. The van der Waals surface area contributed by atoms with Crippen molar-refractivity contribution in [1.82, 2.24) is 0 Å². The number of esters is 1. The number of rotatable bonds is 3. The standard InChI is InChI=1S/C13H16ClNO2/c1-17-12(16)13(7-2-3-8-13)15-11-6-4-5-10(14)9-11/h4-6,9,15H,2-3,7-8H2,1H3. The lowest BCUT2D eigenvalue weighted by Gasteiger charge is -2.28. The average Bonchev–Trinajstić information content (AvgIpc) is 2.78. The first-order chi connectivity index (χ1) is 8.16. The highest BCUT2D eigenvalue weighted by Gasteiger charge is 2.42. The van der Waals surface area contributed by atoms with Gasteiger partial charge in [0, 0.05) is 10.7 Å². The summed E-state index contributed by atoms with van der Waals surface area (Å²) in [6.07, 6.45) is 3.71. The monoisotopic (exact) mass is 253 g/mol. The number of carbonyl (C=O) groups excluding carboxylic acids is 1. The lowest BCUT2D eigenvalue weighted by molar-refractivity contribution is -0.145. The summed E-state index contributed by atoms with van der Waals surface area (Å²) < 4.78 is 4.91. The summed E-state index contributed by atoms with van der Waals surface area (Å²) in [6, 6.07) is 7.41. The fourth-order valence-corrected chi connectivity index (χ4v) is 2.59. The number of methoxy groups -OCH3 is 1. The van der Waals surface area contributed by atoms with Crippen LogP contribution in [0.4, 0.5) is 5.69 Å². The molecule has 0 atom stereocenters. The highest BCUT2D eigenvalue weighted by molar-refractivity contribution is 6.30. The van der Waals surface area contributed by atoms with Gasteiger partial charge in [0.05, 0.1) is 7.11 Å². The van der Waals surface area contributed by atoms with Crippen LogP contribution >= 0.6 is 11.6 Å². The van der Waals surface area contributed by atoms with E-state index < -0.39 is 5.54 Å². The zero-order chi connectivity index (χ0) is 12.3. The highest BCUT2D eigenvalue weighted by atomic mass is 35.5. The Morgan fingerprint density at radius 3 is 2.71 bits per heavy atom. The first kappa shape index (κ1) is 12.2. The number of halogens is 1. The third kappa shape index (κ3) is 2.55. The van der Waals surface area contributed by atoms with Crippen molar-refractivity contribution in [2.45, 2.75) is 31.2 Å². The van der Waals surface area contributed by atoms with Gasteiger partial charge in [0.15, 0.2) is 0 Å². The average molecular weight is 254 g/mol. The van der Waals surface area contributed by atoms with Gasteiger partial charge in [-0.25, -0.2) is 4.79 Å². The Labute approximate surface area is 106 Å². The molecule has 0 aliphatic heterocycles. The van der Waals surface area contributed by atoms with Gasteiger partial charge in [-0.1, -0.05) is 30.5 Å². The maximum absolute atomic E-state index is 11.9. The third-order valence-corrected chi connectivity index (χ3v) is 3.48. The maximum atomic E-state index is 11.9. The first-order valence-electron chi connectivity index (χ1n) is 5.78. The molecule has 17 heavy (non-hydrogen) atoms. The van der Waals surface area contributed by atoms with Gasteiger partial charge < -0.3 is 10.1 Å². The van der Waals surface area contributed by atoms with Crippen LogP contribution in [0.3, 0.4) is 0 Å². The van der Waals surface area contributed by atoms with E-state index in [0.717, 1.165) is 31.4 Å². The van der Waals surface area contributed by atoms with Crippen LogP contribution in [0.1, 0.15) is 25.7 Å². The summed E-state index contributed by atoms with van der Waals surface area (Å²) in [6.45, 7) is 0. The summed E-state index contributed by atoms with van der Waals surface area (Å²) in [5, 5.41) is 3.95. The van der Waals surface area contributed by atoms with Crippen LogP contribution in [0.2, 0.25) is 5.02 Å². The molecule has 0 bridgehead atoms. The molecule has 0 aromatic heterocycles. The molecule has 3 nitrogen and oxygen atoms in total. The maximum Gasteiger partial charge on any atom is 0.331 e. The highest BCUT2D eigenvalue weighted by Crippen LogP contribution is 2.34. The van der Waals surface area contributed by atoms with Crippen molar-refractivity contribution in [2.24, 2.45) is 0 Å². The lowest BCUT2D eigenvalue weighted by atomic mass is 9.97. The second-order valence-electron chi connectivity index (χ2n) is 4.42. The van der Waals surface area contributed by atoms with Crippen LogP contribution in [0, 0.1) is 0 Å². The van der Waals surface area contributed by atoms with E-state index in [4.69, 9.17) is 16.3 Å². The van der Waals surface area contributed by atoms with Gasteiger partial charge in [-0.15, -0.1) is 0 Å². The SMILES string of the molecule is COC(=O)C1(Nc2cccc(Cl)c2)CCCC1. The molecule has 1 aromatic rings. The largest absolute Gasteiger partial charge is 0.467 e. The molecule has 1 aromatic carbocycles. The predicted molar refractivity (Wildman–Crippen MR) is 68.3 cm³/mol. The summed E-state index contributed by atoms with van der Waals surface area (Å²) >= 11 is 5.93. The fraction of sp³-hybridized carbons (Fsp3) is 0.462.